The quantitative estimate of drug-likeness (QED) is 0.671. The molecule has 0 fully saturated rings. The maximum atomic E-state index is 11.0. The van der Waals surface area contributed by atoms with E-state index in [9.17, 15) is 14.4 Å². The first-order chi connectivity index (χ1) is 6.70. The number of carboxylic acid groups (broad SMARTS) is 1. The molecule has 0 atom stereocenters. The van der Waals surface area contributed by atoms with Crippen LogP contribution in [0.2, 0.25) is 0 Å². The van der Waals surface area contributed by atoms with Crippen molar-refractivity contribution >= 4 is 17.8 Å². The number of ether oxygens (including phenoxy) is 1. The summed E-state index contributed by atoms with van der Waals surface area (Å²) in [6.45, 7) is 4.73. The minimum Gasteiger partial charge on any atom is -0.481 e. The molecule has 6 nitrogen and oxygen atoms in total. The highest BCUT2D eigenvalue weighted by Crippen LogP contribution is 2.06. The summed E-state index contributed by atoms with van der Waals surface area (Å²) in [5.74, 6) is -1.79. The molecule has 0 radical (unpaired) electrons. The molecule has 0 saturated carbocycles. The van der Waals surface area contributed by atoms with Gasteiger partial charge >= 0.3 is 12.1 Å². The van der Waals surface area contributed by atoms with E-state index >= 15 is 0 Å². The van der Waals surface area contributed by atoms with E-state index in [-0.39, 0.29) is 6.54 Å². The second-order valence-corrected chi connectivity index (χ2v) is 3.96. The van der Waals surface area contributed by atoms with Crippen molar-refractivity contribution < 1.29 is 24.2 Å². The summed E-state index contributed by atoms with van der Waals surface area (Å²) in [4.78, 5) is 32.0. The zero-order valence-corrected chi connectivity index (χ0v) is 8.99. The van der Waals surface area contributed by atoms with Crippen molar-refractivity contribution in [2.24, 2.45) is 0 Å². The molecule has 1 amide bonds. The van der Waals surface area contributed by atoms with Crippen molar-refractivity contribution in [2.45, 2.75) is 32.8 Å². The number of Topliss-reactive ketones (excluding diaryl/α,β-unsaturated/α-hetero) is 1. The van der Waals surface area contributed by atoms with E-state index in [1.54, 1.807) is 20.8 Å². The first-order valence-corrected chi connectivity index (χ1v) is 4.41. The number of carbonyl (C=O) groups is 3. The van der Waals surface area contributed by atoms with Crippen LogP contribution >= 0.6 is 0 Å². The Morgan fingerprint density at radius 2 is 1.80 bits per heavy atom. The van der Waals surface area contributed by atoms with Crippen LogP contribution in [0.4, 0.5) is 4.79 Å². The van der Waals surface area contributed by atoms with Crippen molar-refractivity contribution in [3.05, 3.63) is 0 Å². The van der Waals surface area contributed by atoms with Crippen molar-refractivity contribution in [1.29, 1.82) is 0 Å². The van der Waals surface area contributed by atoms with Gasteiger partial charge in [-0.05, 0) is 20.8 Å². The third-order valence-corrected chi connectivity index (χ3v) is 1.18. The van der Waals surface area contributed by atoms with E-state index in [4.69, 9.17) is 9.84 Å². The number of alkyl carbamates (subject to hydrolysis) is 1. The van der Waals surface area contributed by atoms with Gasteiger partial charge in [0.25, 0.3) is 0 Å². The molecule has 0 aliphatic carbocycles. The lowest BCUT2D eigenvalue weighted by Crippen LogP contribution is -2.35. The van der Waals surface area contributed by atoms with E-state index in [2.05, 4.69) is 5.32 Å². The number of aliphatic carboxylic acids is 1. The summed E-state index contributed by atoms with van der Waals surface area (Å²) in [5.41, 5.74) is -0.639. The van der Waals surface area contributed by atoms with Gasteiger partial charge in [-0.15, -0.1) is 0 Å². The highest BCUT2D eigenvalue weighted by molar-refractivity contribution is 5.96. The fraction of sp³-hybridized carbons (Fsp3) is 0.667. The smallest absolute Gasteiger partial charge is 0.408 e. The fourth-order valence-electron chi connectivity index (χ4n) is 0.716. The summed E-state index contributed by atoms with van der Waals surface area (Å²) < 4.78 is 4.84. The van der Waals surface area contributed by atoms with Crippen LogP contribution in [0.5, 0.6) is 0 Å². The summed E-state index contributed by atoms with van der Waals surface area (Å²) in [6, 6.07) is 0. The predicted molar refractivity (Wildman–Crippen MR) is 51.5 cm³/mol. The molecule has 0 aromatic heterocycles. The molecule has 0 aliphatic heterocycles. The monoisotopic (exact) mass is 217 g/mol. The molecule has 2 N–H and O–H groups in total. The summed E-state index contributed by atoms with van der Waals surface area (Å²) in [5, 5.41) is 10.4. The normalized spacial score (nSPS) is 10.6. The average molecular weight is 217 g/mol. The molecule has 0 spiro atoms. The predicted octanol–water partition coefficient (Wildman–Crippen LogP) is 0.555. The Balaban J connectivity index is 3.82. The lowest BCUT2D eigenvalue weighted by atomic mass is 10.2. The molecule has 6 heteroatoms. The second-order valence-electron chi connectivity index (χ2n) is 3.96. The average Bonchev–Trinajstić information content (AvgIpc) is 1.96. The highest BCUT2D eigenvalue weighted by Gasteiger charge is 2.17. The molecule has 0 saturated heterocycles. The largest absolute Gasteiger partial charge is 0.481 e. The topological polar surface area (TPSA) is 92.7 Å². The van der Waals surface area contributed by atoms with Crippen LogP contribution < -0.4 is 5.32 Å². The number of nitrogens with one attached hydrogen (secondary N) is 1. The highest BCUT2D eigenvalue weighted by atomic mass is 16.6. The minimum atomic E-state index is -1.22. The van der Waals surface area contributed by atoms with Crippen LogP contribution in [0, 0.1) is 0 Å². The van der Waals surface area contributed by atoms with E-state index in [1.165, 1.54) is 0 Å². The Morgan fingerprint density at radius 3 is 2.20 bits per heavy atom. The molecule has 0 aromatic rings. The van der Waals surface area contributed by atoms with Gasteiger partial charge in [-0.3, -0.25) is 9.59 Å². The van der Waals surface area contributed by atoms with Crippen LogP contribution in [0.25, 0.3) is 0 Å². The number of ketones is 1. The van der Waals surface area contributed by atoms with Gasteiger partial charge in [-0.2, -0.15) is 0 Å². The minimum absolute atomic E-state index is 0.332. The first-order valence-electron chi connectivity index (χ1n) is 4.41. The third kappa shape index (κ3) is 8.73. The van der Waals surface area contributed by atoms with Gasteiger partial charge < -0.3 is 15.2 Å². The lowest BCUT2D eigenvalue weighted by Gasteiger charge is -2.19. The van der Waals surface area contributed by atoms with E-state index in [0.717, 1.165) is 0 Å². The second kappa shape index (κ2) is 5.33. The number of amides is 1. The number of carboxylic acids is 1. The molecular formula is C9H15NO5. The van der Waals surface area contributed by atoms with Gasteiger partial charge in [-0.25, -0.2) is 4.79 Å². The Hall–Kier alpha value is -1.59. The third-order valence-electron chi connectivity index (χ3n) is 1.18. The van der Waals surface area contributed by atoms with E-state index < -0.39 is 29.9 Å². The molecule has 0 bridgehead atoms. The maximum absolute atomic E-state index is 11.0. The standard InChI is InChI=1S/C9H15NO5/c1-9(2,3)15-8(14)10-5-6(11)4-7(12)13/h4-5H2,1-3H3,(H,10,14)(H,12,13). The number of rotatable bonds is 4. The van der Waals surface area contributed by atoms with Gasteiger partial charge in [0, 0.05) is 0 Å². The van der Waals surface area contributed by atoms with Crippen molar-refractivity contribution in [1.82, 2.24) is 5.32 Å². The molecule has 15 heavy (non-hydrogen) atoms. The van der Waals surface area contributed by atoms with Crippen LogP contribution in [0.1, 0.15) is 27.2 Å². The van der Waals surface area contributed by atoms with Crippen LogP contribution in [0.3, 0.4) is 0 Å². The SMILES string of the molecule is CC(C)(C)OC(=O)NCC(=O)CC(=O)O. The van der Waals surface area contributed by atoms with Crippen molar-refractivity contribution in [2.75, 3.05) is 6.54 Å². The molecule has 0 aliphatic rings. The first kappa shape index (κ1) is 13.4. The van der Waals surface area contributed by atoms with Crippen LogP contribution in [-0.2, 0) is 14.3 Å². The number of hydrogen-bond donors (Lipinski definition) is 2. The molecule has 0 heterocycles. The maximum Gasteiger partial charge on any atom is 0.408 e. The Bertz CT molecular complexity index is 266. The molecule has 0 rings (SSSR count). The van der Waals surface area contributed by atoms with E-state index in [1.807, 2.05) is 0 Å². The van der Waals surface area contributed by atoms with Crippen LogP contribution in [0.15, 0.2) is 0 Å². The van der Waals surface area contributed by atoms with Gasteiger partial charge in [0.15, 0.2) is 5.78 Å². The zero-order valence-electron chi connectivity index (χ0n) is 8.99. The molecule has 0 aromatic carbocycles. The Labute approximate surface area is 87.6 Å². The number of carbonyl (C=O) groups excluding carboxylic acids is 2. The van der Waals surface area contributed by atoms with Gasteiger partial charge in [0.2, 0.25) is 0 Å². The lowest BCUT2D eigenvalue weighted by molar-refractivity contribution is -0.140. The van der Waals surface area contributed by atoms with Gasteiger partial charge in [0.1, 0.15) is 12.0 Å². The van der Waals surface area contributed by atoms with Gasteiger partial charge in [0.05, 0.1) is 6.54 Å². The number of hydrogen-bond acceptors (Lipinski definition) is 4. The molecule has 0 unspecified atom stereocenters. The van der Waals surface area contributed by atoms with Crippen molar-refractivity contribution in [3.8, 4) is 0 Å². The summed E-state index contributed by atoms with van der Waals surface area (Å²) in [6.07, 6.45) is -1.34. The Morgan fingerprint density at radius 1 is 1.27 bits per heavy atom. The van der Waals surface area contributed by atoms with Crippen LogP contribution in [-0.4, -0.2) is 35.1 Å². The summed E-state index contributed by atoms with van der Waals surface area (Å²) >= 11 is 0. The van der Waals surface area contributed by atoms with Gasteiger partial charge in [-0.1, -0.05) is 0 Å². The molecule has 86 valence electrons. The zero-order chi connectivity index (χ0) is 12.1. The Kier molecular flexibility index (Phi) is 4.77. The molecular weight excluding hydrogens is 202 g/mol. The van der Waals surface area contributed by atoms with Crippen molar-refractivity contribution in [3.63, 3.8) is 0 Å². The summed E-state index contributed by atoms with van der Waals surface area (Å²) in [7, 11) is 0. The fourth-order valence-corrected chi connectivity index (χ4v) is 0.716. The van der Waals surface area contributed by atoms with E-state index in [0.29, 0.717) is 0 Å².